The molecule has 0 radical (unpaired) electrons. The van der Waals surface area contributed by atoms with E-state index in [2.05, 4.69) is 22.9 Å². The van der Waals surface area contributed by atoms with Crippen LogP contribution < -0.4 is 10.6 Å². The van der Waals surface area contributed by atoms with Crippen LogP contribution in [0.4, 0.5) is 0 Å². The Morgan fingerprint density at radius 3 is 2.53 bits per heavy atom. The minimum atomic E-state index is -0.520. The smallest absolute Gasteiger partial charge is 0.242 e. The number of halogens is 1. The van der Waals surface area contributed by atoms with E-state index in [-0.39, 0.29) is 15.7 Å². The monoisotopic (exact) mass is 322 g/mol. The molecule has 2 amide bonds. The lowest BCUT2D eigenvalue weighted by molar-refractivity contribution is -0.127. The molecule has 0 heterocycles. The van der Waals surface area contributed by atoms with Crippen LogP contribution in [0.2, 0.25) is 0 Å². The molecule has 0 saturated carbocycles. The van der Waals surface area contributed by atoms with E-state index in [1.54, 1.807) is 19.9 Å². The first-order valence-electron chi connectivity index (χ1n) is 4.55. The second-order valence-corrected chi connectivity index (χ2v) is 4.87. The third-order valence-corrected chi connectivity index (χ3v) is 2.20. The molecule has 4 nitrogen and oxygen atoms in total. The van der Waals surface area contributed by atoms with Crippen LogP contribution in [0.5, 0.6) is 0 Å². The summed E-state index contributed by atoms with van der Waals surface area (Å²) < 4.78 is -0.147. The van der Waals surface area contributed by atoms with E-state index in [0.29, 0.717) is 6.54 Å². The Hall–Kier alpha value is -0.810. The van der Waals surface area contributed by atoms with E-state index in [0.717, 1.165) is 0 Å². The minimum Gasteiger partial charge on any atom is -0.350 e. The number of hydrogen-bond acceptors (Lipinski definition) is 2. The summed E-state index contributed by atoms with van der Waals surface area (Å²) in [7, 11) is 0. The van der Waals surface area contributed by atoms with Crippen molar-refractivity contribution in [3.05, 3.63) is 18.4 Å². The highest BCUT2D eigenvalue weighted by molar-refractivity contribution is 14.1. The first-order chi connectivity index (χ1) is 6.99. The summed E-state index contributed by atoms with van der Waals surface area (Å²) in [6.45, 7) is 7.16. The standard InChI is InChI=1S/C10H15IN2O2/c1-4-5-6-12-10(15)8(3)13-9(14)7(2)11/h5,7-8H,1,6H2,2-3H3,(H,12,15)(H,13,14)/t7-,8-/m1/s1. The van der Waals surface area contributed by atoms with E-state index in [1.807, 2.05) is 22.6 Å². The van der Waals surface area contributed by atoms with Crippen molar-refractivity contribution in [3.63, 3.8) is 0 Å². The first-order valence-corrected chi connectivity index (χ1v) is 5.80. The molecule has 0 unspecified atom stereocenters. The van der Waals surface area contributed by atoms with Gasteiger partial charge in [-0.1, -0.05) is 29.2 Å². The van der Waals surface area contributed by atoms with Gasteiger partial charge in [-0.05, 0) is 19.9 Å². The first kappa shape index (κ1) is 14.2. The predicted octanol–water partition coefficient (Wildman–Crippen LogP) is 0.772. The maximum absolute atomic E-state index is 11.4. The second-order valence-electron chi connectivity index (χ2n) is 3.00. The van der Waals surface area contributed by atoms with Crippen molar-refractivity contribution in [2.75, 3.05) is 6.54 Å². The van der Waals surface area contributed by atoms with Crippen LogP contribution in [-0.4, -0.2) is 28.3 Å². The summed E-state index contributed by atoms with van der Waals surface area (Å²) in [5.74, 6) is -0.357. The van der Waals surface area contributed by atoms with Gasteiger partial charge in [0.15, 0.2) is 0 Å². The van der Waals surface area contributed by atoms with Crippen LogP contribution >= 0.6 is 22.6 Å². The molecule has 0 aromatic heterocycles. The van der Waals surface area contributed by atoms with Crippen LogP contribution in [0, 0.1) is 0 Å². The van der Waals surface area contributed by atoms with Crippen molar-refractivity contribution in [2.24, 2.45) is 0 Å². The zero-order chi connectivity index (χ0) is 11.8. The largest absolute Gasteiger partial charge is 0.350 e. The summed E-state index contributed by atoms with van der Waals surface area (Å²) in [6.07, 6.45) is 1.60. The van der Waals surface area contributed by atoms with Gasteiger partial charge in [0.05, 0.1) is 3.92 Å². The molecule has 0 aliphatic rings. The molecule has 0 aromatic rings. The molecule has 2 N–H and O–H groups in total. The number of carbonyl (C=O) groups is 2. The maximum Gasteiger partial charge on any atom is 0.242 e. The topological polar surface area (TPSA) is 58.2 Å². The molecule has 0 saturated heterocycles. The SMILES string of the molecule is C=C=CCNC(=O)[C@@H](C)NC(=O)[C@@H](C)I. The Bertz CT molecular complexity index is 283. The van der Waals surface area contributed by atoms with E-state index in [1.165, 1.54) is 0 Å². The van der Waals surface area contributed by atoms with Crippen LogP contribution in [-0.2, 0) is 9.59 Å². The van der Waals surface area contributed by atoms with Crippen molar-refractivity contribution in [1.29, 1.82) is 0 Å². The molecular formula is C10H15IN2O2. The van der Waals surface area contributed by atoms with Crippen LogP contribution in [0.15, 0.2) is 18.4 Å². The molecule has 84 valence electrons. The molecule has 0 fully saturated rings. The summed E-state index contributed by atoms with van der Waals surface area (Å²) >= 11 is 1.99. The lowest BCUT2D eigenvalue weighted by Crippen LogP contribution is -2.46. The molecule has 0 aliphatic carbocycles. The maximum atomic E-state index is 11.4. The van der Waals surface area contributed by atoms with Gasteiger partial charge in [-0.15, -0.1) is 5.73 Å². The van der Waals surface area contributed by atoms with E-state index in [4.69, 9.17) is 0 Å². The number of nitrogens with one attached hydrogen (secondary N) is 2. The third kappa shape index (κ3) is 6.30. The quantitative estimate of drug-likeness (QED) is 0.446. The van der Waals surface area contributed by atoms with Gasteiger partial charge in [0.2, 0.25) is 11.8 Å². The highest BCUT2D eigenvalue weighted by atomic mass is 127. The number of rotatable bonds is 5. The fraction of sp³-hybridized carbons (Fsp3) is 0.500. The van der Waals surface area contributed by atoms with Gasteiger partial charge in [0.1, 0.15) is 6.04 Å². The van der Waals surface area contributed by atoms with Gasteiger partial charge in [-0.2, -0.15) is 0 Å². The average molecular weight is 322 g/mol. The number of alkyl halides is 1. The van der Waals surface area contributed by atoms with Crippen molar-refractivity contribution in [1.82, 2.24) is 10.6 Å². The molecule has 0 aromatic carbocycles. The van der Waals surface area contributed by atoms with Crippen molar-refractivity contribution in [2.45, 2.75) is 23.8 Å². The summed E-state index contributed by atoms with van der Waals surface area (Å²) in [6, 6.07) is -0.520. The fourth-order valence-electron chi connectivity index (χ4n) is 0.771. The molecule has 0 aliphatic heterocycles. The Labute approximate surface area is 103 Å². The van der Waals surface area contributed by atoms with Gasteiger partial charge in [-0.25, -0.2) is 0 Å². The predicted molar refractivity (Wildman–Crippen MR) is 67.8 cm³/mol. The van der Waals surface area contributed by atoms with Gasteiger partial charge in [0, 0.05) is 6.54 Å². The van der Waals surface area contributed by atoms with E-state index < -0.39 is 6.04 Å². The van der Waals surface area contributed by atoms with Crippen LogP contribution in [0.1, 0.15) is 13.8 Å². The summed E-state index contributed by atoms with van der Waals surface area (Å²) in [4.78, 5) is 22.6. The number of hydrogen-bond donors (Lipinski definition) is 2. The molecular weight excluding hydrogens is 307 g/mol. The van der Waals surface area contributed by atoms with Gasteiger partial charge in [0.25, 0.3) is 0 Å². The lowest BCUT2D eigenvalue weighted by atomic mass is 10.3. The summed E-state index contributed by atoms with van der Waals surface area (Å²) in [5.41, 5.74) is 2.54. The molecule has 0 rings (SSSR count). The lowest BCUT2D eigenvalue weighted by Gasteiger charge is -2.14. The zero-order valence-corrected chi connectivity index (χ0v) is 11.0. The molecule has 0 bridgehead atoms. The summed E-state index contributed by atoms with van der Waals surface area (Å²) in [5, 5.41) is 5.21. The van der Waals surface area contributed by atoms with Crippen LogP contribution in [0.25, 0.3) is 0 Å². The molecule has 15 heavy (non-hydrogen) atoms. The van der Waals surface area contributed by atoms with Gasteiger partial charge < -0.3 is 10.6 Å². The average Bonchev–Trinajstić information content (AvgIpc) is 2.17. The Morgan fingerprint density at radius 2 is 2.07 bits per heavy atom. The number of carbonyl (C=O) groups excluding carboxylic acids is 2. The van der Waals surface area contributed by atoms with Gasteiger partial charge >= 0.3 is 0 Å². The normalized spacial score (nSPS) is 13.3. The highest BCUT2D eigenvalue weighted by Gasteiger charge is 2.16. The van der Waals surface area contributed by atoms with Crippen molar-refractivity contribution in [3.8, 4) is 0 Å². The fourth-order valence-corrected chi connectivity index (χ4v) is 0.950. The van der Waals surface area contributed by atoms with Gasteiger partial charge in [-0.3, -0.25) is 9.59 Å². The van der Waals surface area contributed by atoms with E-state index in [9.17, 15) is 9.59 Å². The van der Waals surface area contributed by atoms with Crippen LogP contribution in [0.3, 0.4) is 0 Å². The highest BCUT2D eigenvalue weighted by Crippen LogP contribution is 1.98. The Morgan fingerprint density at radius 1 is 1.47 bits per heavy atom. The molecule has 2 atom stereocenters. The minimum absolute atomic E-state index is 0.141. The molecule has 5 heteroatoms. The third-order valence-electron chi connectivity index (χ3n) is 1.64. The second kappa shape index (κ2) is 7.48. The van der Waals surface area contributed by atoms with E-state index >= 15 is 0 Å². The molecule has 0 spiro atoms. The Balaban J connectivity index is 3.98. The van der Waals surface area contributed by atoms with Crippen molar-refractivity contribution >= 4 is 34.4 Å². The number of amides is 2. The Kier molecular flexibility index (Phi) is 7.07. The van der Waals surface area contributed by atoms with Crippen molar-refractivity contribution < 1.29 is 9.59 Å². The zero-order valence-electron chi connectivity index (χ0n) is 8.84.